The van der Waals surface area contributed by atoms with Crippen molar-refractivity contribution >= 4 is 5.91 Å². The van der Waals surface area contributed by atoms with Gasteiger partial charge in [-0.2, -0.15) is 0 Å². The number of likely N-dealkylation sites (tertiary alicyclic amines) is 1. The van der Waals surface area contributed by atoms with E-state index in [-0.39, 0.29) is 11.9 Å². The summed E-state index contributed by atoms with van der Waals surface area (Å²) in [5, 5.41) is 2.97. The second-order valence-corrected chi connectivity index (χ2v) is 5.59. The highest BCUT2D eigenvalue weighted by atomic mass is 16.2. The summed E-state index contributed by atoms with van der Waals surface area (Å²) in [4.78, 5) is 14.3. The number of likely N-dealkylation sites (N-methyl/N-ethyl adjacent to an activating group) is 1. The van der Waals surface area contributed by atoms with Crippen LogP contribution in [0.3, 0.4) is 0 Å². The Morgan fingerprint density at radius 1 is 1.37 bits per heavy atom. The highest BCUT2D eigenvalue weighted by Gasteiger charge is 2.32. The van der Waals surface area contributed by atoms with Crippen LogP contribution in [0, 0.1) is 12.8 Å². The van der Waals surface area contributed by atoms with E-state index >= 15 is 0 Å². The molecule has 1 amide bonds. The van der Waals surface area contributed by atoms with Gasteiger partial charge in [-0.25, -0.2) is 0 Å². The number of hydrogen-bond donors (Lipinski definition) is 1. The van der Waals surface area contributed by atoms with Gasteiger partial charge >= 0.3 is 0 Å². The Hall–Kier alpha value is -1.35. The molecule has 2 unspecified atom stereocenters. The summed E-state index contributed by atoms with van der Waals surface area (Å²) < 4.78 is 0. The topological polar surface area (TPSA) is 32.3 Å². The minimum Gasteiger partial charge on any atom is -0.334 e. The molecule has 2 rings (SSSR count). The fourth-order valence-electron chi connectivity index (χ4n) is 2.99. The Bertz CT molecular complexity index is 427. The maximum atomic E-state index is 12.3. The molecule has 19 heavy (non-hydrogen) atoms. The normalized spacial score (nSPS) is 23.4. The highest BCUT2D eigenvalue weighted by Crippen LogP contribution is 2.35. The first kappa shape index (κ1) is 14.1. The molecule has 0 saturated carbocycles. The summed E-state index contributed by atoms with van der Waals surface area (Å²) in [7, 11) is 1.83. The van der Waals surface area contributed by atoms with E-state index in [1.165, 1.54) is 17.5 Å². The number of benzene rings is 1. The lowest BCUT2D eigenvalue weighted by atomic mass is 9.85. The van der Waals surface area contributed by atoms with Gasteiger partial charge < -0.3 is 10.2 Å². The Labute approximate surface area is 116 Å². The molecular weight excluding hydrogens is 236 g/mol. The quantitative estimate of drug-likeness (QED) is 0.905. The van der Waals surface area contributed by atoms with Crippen LogP contribution in [0.1, 0.15) is 36.9 Å². The van der Waals surface area contributed by atoms with Gasteiger partial charge in [-0.05, 0) is 38.3 Å². The van der Waals surface area contributed by atoms with Gasteiger partial charge in [-0.3, -0.25) is 4.79 Å². The van der Waals surface area contributed by atoms with Gasteiger partial charge in [0.1, 0.15) is 0 Å². The molecule has 3 nitrogen and oxygen atoms in total. The lowest BCUT2D eigenvalue weighted by Crippen LogP contribution is -2.45. The Balaban J connectivity index is 2.25. The minimum atomic E-state index is 0.208. The van der Waals surface area contributed by atoms with E-state index < -0.39 is 0 Å². The number of rotatable bonds is 3. The molecule has 0 aromatic heterocycles. The van der Waals surface area contributed by atoms with Crippen molar-refractivity contribution in [2.75, 3.05) is 20.1 Å². The molecule has 1 aliphatic heterocycles. The Morgan fingerprint density at radius 2 is 2.05 bits per heavy atom. The number of carbonyl (C=O) groups is 1. The second-order valence-electron chi connectivity index (χ2n) is 5.59. The molecule has 1 aromatic rings. The standard InChI is InChI=1S/C16H24N2O/c1-12-6-8-14(9-7-12)16-13(2)5-4-10-18(16)15(19)11-17-3/h6-9,13,16-17H,4-5,10-11H2,1-3H3. The molecule has 2 atom stereocenters. The summed E-state index contributed by atoms with van der Waals surface area (Å²) in [6, 6.07) is 8.84. The van der Waals surface area contributed by atoms with Crippen LogP contribution in [0.25, 0.3) is 0 Å². The molecule has 1 saturated heterocycles. The summed E-state index contributed by atoms with van der Waals surface area (Å²) in [6.45, 7) is 5.65. The van der Waals surface area contributed by atoms with Crippen molar-refractivity contribution in [2.45, 2.75) is 32.7 Å². The number of carbonyl (C=O) groups excluding carboxylic acids is 1. The van der Waals surface area contributed by atoms with E-state index in [0.29, 0.717) is 12.5 Å². The van der Waals surface area contributed by atoms with Gasteiger partial charge in [0, 0.05) is 6.54 Å². The van der Waals surface area contributed by atoms with Crippen LogP contribution in [0.5, 0.6) is 0 Å². The zero-order chi connectivity index (χ0) is 13.8. The number of hydrogen-bond acceptors (Lipinski definition) is 2. The molecule has 0 aliphatic carbocycles. The highest BCUT2D eigenvalue weighted by molar-refractivity contribution is 5.79. The first-order valence-corrected chi connectivity index (χ1v) is 7.14. The maximum Gasteiger partial charge on any atom is 0.237 e. The van der Waals surface area contributed by atoms with Crippen molar-refractivity contribution in [1.82, 2.24) is 10.2 Å². The van der Waals surface area contributed by atoms with Crippen LogP contribution in [-0.4, -0.2) is 30.9 Å². The Morgan fingerprint density at radius 3 is 2.68 bits per heavy atom. The third-order valence-electron chi connectivity index (χ3n) is 4.00. The van der Waals surface area contributed by atoms with Crippen molar-refractivity contribution in [3.8, 4) is 0 Å². The van der Waals surface area contributed by atoms with Crippen LogP contribution < -0.4 is 5.32 Å². The van der Waals surface area contributed by atoms with E-state index in [4.69, 9.17) is 0 Å². The third kappa shape index (κ3) is 3.16. The van der Waals surface area contributed by atoms with Crippen molar-refractivity contribution in [3.05, 3.63) is 35.4 Å². The third-order valence-corrected chi connectivity index (χ3v) is 4.00. The van der Waals surface area contributed by atoms with E-state index in [9.17, 15) is 4.79 Å². The van der Waals surface area contributed by atoms with E-state index in [2.05, 4.69) is 48.3 Å². The van der Waals surface area contributed by atoms with Crippen LogP contribution in [-0.2, 0) is 4.79 Å². The molecular formula is C16H24N2O. The fourth-order valence-corrected chi connectivity index (χ4v) is 2.99. The maximum absolute atomic E-state index is 12.3. The Kier molecular flexibility index (Phi) is 4.59. The zero-order valence-corrected chi connectivity index (χ0v) is 12.1. The first-order valence-electron chi connectivity index (χ1n) is 7.14. The SMILES string of the molecule is CNCC(=O)N1CCCC(C)C1c1ccc(C)cc1. The van der Waals surface area contributed by atoms with Crippen molar-refractivity contribution < 1.29 is 4.79 Å². The van der Waals surface area contributed by atoms with E-state index in [1.54, 1.807) is 0 Å². The van der Waals surface area contributed by atoms with E-state index in [1.807, 2.05) is 7.05 Å². The van der Waals surface area contributed by atoms with Crippen LogP contribution >= 0.6 is 0 Å². The number of aryl methyl sites for hydroxylation is 1. The van der Waals surface area contributed by atoms with Gasteiger partial charge in [-0.1, -0.05) is 36.8 Å². The smallest absolute Gasteiger partial charge is 0.237 e. The number of piperidine rings is 1. The monoisotopic (exact) mass is 260 g/mol. The van der Waals surface area contributed by atoms with Crippen molar-refractivity contribution in [3.63, 3.8) is 0 Å². The molecule has 1 fully saturated rings. The van der Waals surface area contributed by atoms with Gasteiger partial charge in [-0.15, -0.1) is 0 Å². The van der Waals surface area contributed by atoms with Crippen LogP contribution in [0.4, 0.5) is 0 Å². The predicted molar refractivity (Wildman–Crippen MR) is 78.0 cm³/mol. The van der Waals surface area contributed by atoms with Gasteiger partial charge in [0.15, 0.2) is 0 Å². The van der Waals surface area contributed by atoms with Crippen molar-refractivity contribution in [2.24, 2.45) is 5.92 Å². The van der Waals surface area contributed by atoms with E-state index in [0.717, 1.165) is 13.0 Å². The predicted octanol–water partition coefficient (Wildman–Crippen LogP) is 2.51. The molecule has 0 radical (unpaired) electrons. The lowest BCUT2D eigenvalue weighted by molar-refractivity contribution is -0.135. The van der Waals surface area contributed by atoms with Gasteiger partial charge in [0.05, 0.1) is 12.6 Å². The fraction of sp³-hybridized carbons (Fsp3) is 0.562. The largest absolute Gasteiger partial charge is 0.334 e. The average molecular weight is 260 g/mol. The average Bonchev–Trinajstić information content (AvgIpc) is 2.40. The molecule has 1 aliphatic rings. The summed E-state index contributed by atoms with van der Waals surface area (Å²) in [5.74, 6) is 0.733. The molecule has 104 valence electrons. The summed E-state index contributed by atoms with van der Waals surface area (Å²) in [5.41, 5.74) is 2.53. The van der Waals surface area contributed by atoms with Crippen LogP contribution in [0.2, 0.25) is 0 Å². The van der Waals surface area contributed by atoms with Crippen molar-refractivity contribution in [1.29, 1.82) is 0 Å². The number of amides is 1. The molecule has 1 aromatic carbocycles. The van der Waals surface area contributed by atoms with Crippen LogP contribution in [0.15, 0.2) is 24.3 Å². The first-order chi connectivity index (χ1) is 9.13. The zero-order valence-electron chi connectivity index (χ0n) is 12.1. The minimum absolute atomic E-state index is 0.208. The molecule has 0 bridgehead atoms. The van der Waals surface area contributed by atoms with Gasteiger partial charge in [0.2, 0.25) is 5.91 Å². The summed E-state index contributed by atoms with van der Waals surface area (Å²) >= 11 is 0. The molecule has 1 N–H and O–H groups in total. The number of nitrogens with one attached hydrogen (secondary N) is 1. The molecule has 1 heterocycles. The lowest BCUT2D eigenvalue weighted by Gasteiger charge is -2.40. The second kappa shape index (κ2) is 6.20. The van der Waals surface area contributed by atoms with Gasteiger partial charge in [0.25, 0.3) is 0 Å². The molecule has 3 heteroatoms. The summed E-state index contributed by atoms with van der Waals surface area (Å²) in [6.07, 6.45) is 2.31. The molecule has 0 spiro atoms. The number of nitrogens with zero attached hydrogens (tertiary/aromatic N) is 1.